The summed E-state index contributed by atoms with van der Waals surface area (Å²) in [5.74, 6) is 1.66. The van der Waals surface area contributed by atoms with E-state index in [1.54, 1.807) is 16.5 Å². The van der Waals surface area contributed by atoms with E-state index >= 15 is 0 Å². The highest BCUT2D eigenvalue weighted by Crippen LogP contribution is 2.39. The van der Waals surface area contributed by atoms with Crippen LogP contribution in [-0.4, -0.2) is 56.4 Å². The number of pyridine rings is 2. The highest BCUT2D eigenvalue weighted by molar-refractivity contribution is 5.86. The third-order valence-electron chi connectivity index (χ3n) is 6.76. The Labute approximate surface area is 224 Å². The fourth-order valence-corrected chi connectivity index (χ4v) is 4.75. The van der Waals surface area contributed by atoms with Crippen molar-refractivity contribution in [2.75, 3.05) is 19.7 Å². The van der Waals surface area contributed by atoms with Crippen LogP contribution in [0.5, 0.6) is 5.75 Å². The number of hydrogen-bond acceptors (Lipinski definition) is 6. The van der Waals surface area contributed by atoms with Gasteiger partial charge in [-0.2, -0.15) is 13.2 Å². The maximum Gasteiger partial charge on any atom is 0.408 e. The number of benzene rings is 1. The Morgan fingerprint density at radius 1 is 1.03 bits per heavy atom. The first kappa shape index (κ1) is 27.4. The van der Waals surface area contributed by atoms with E-state index in [2.05, 4.69) is 10.2 Å². The van der Waals surface area contributed by atoms with Gasteiger partial charge in [0, 0.05) is 30.7 Å². The summed E-state index contributed by atoms with van der Waals surface area (Å²) in [6.07, 6.45) is -0.0760. The maximum atomic E-state index is 14.1. The topological polar surface area (TPSA) is 81.6 Å². The minimum Gasteiger partial charge on any atom is -0.491 e. The summed E-state index contributed by atoms with van der Waals surface area (Å²) in [4.78, 5) is 6.18. The Morgan fingerprint density at radius 3 is 2.54 bits per heavy atom. The van der Waals surface area contributed by atoms with Crippen LogP contribution in [0.1, 0.15) is 30.9 Å². The molecule has 4 aromatic rings. The summed E-state index contributed by atoms with van der Waals surface area (Å²) < 4.78 is 50.0. The third-order valence-corrected chi connectivity index (χ3v) is 6.76. The summed E-state index contributed by atoms with van der Waals surface area (Å²) in [7, 11) is 0. The summed E-state index contributed by atoms with van der Waals surface area (Å²) in [6.45, 7) is 1.16. The van der Waals surface area contributed by atoms with Crippen molar-refractivity contribution >= 4 is 41.4 Å². The second-order valence-corrected chi connectivity index (χ2v) is 9.48. The Balaban J connectivity index is 0.00000160. The van der Waals surface area contributed by atoms with Crippen molar-refractivity contribution in [3.63, 3.8) is 0 Å². The average Bonchev–Trinajstić information content (AvgIpc) is 3.42. The van der Waals surface area contributed by atoms with Gasteiger partial charge in [0.1, 0.15) is 23.0 Å². The quantitative estimate of drug-likeness (QED) is 0.352. The molecule has 2 N–H and O–H groups in total. The lowest BCUT2D eigenvalue weighted by Crippen LogP contribution is -2.38. The number of alkyl halides is 3. The molecule has 0 bridgehead atoms. The Morgan fingerprint density at radius 2 is 1.84 bits per heavy atom. The summed E-state index contributed by atoms with van der Waals surface area (Å²) in [6, 6.07) is 10.5. The first-order valence-corrected chi connectivity index (χ1v) is 11.8. The second kappa shape index (κ2) is 10.6. The number of halogens is 5. The van der Waals surface area contributed by atoms with E-state index in [4.69, 9.17) is 15.5 Å². The number of likely N-dealkylation sites (tertiary alicyclic amines) is 1. The minimum atomic E-state index is -4.44. The molecule has 2 fully saturated rings. The van der Waals surface area contributed by atoms with Crippen LogP contribution in [0.3, 0.4) is 0 Å². The largest absolute Gasteiger partial charge is 0.491 e. The van der Waals surface area contributed by atoms with Gasteiger partial charge in [-0.15, -0.1) is 35.0 Å². The number of para-hydroxylation sites is 1. The molecule has 1 aliphatic carbocycles. The van der Waals surface area contributed by atoms with Crippen LogP contribution in [0, 0.1) is 5.92 Å². The van der Waals surface area contributed by atoms with Gasteiger partial charge in [-0.25, -0.2) is 4.98 Å². The molecule has 0 unspecified atom stereocenters. The summed E-state index contributed by atoms with van der Waals surface area (Å²) >= 11 is 0. The molecule has 1 saturated heterocycles. The molecule has 6 rings (SSSR count). The molecule has 3 aromatic heterocycles. The lowest BCUT2D eigenvalue weighted by atomic mass is 10.1. The predicted molar refractivity (Wildman–Crippen MR) is 139 cm³/mol. The summed E-state index contributed by atoms with van der Waals surface area (Å²) in [5.41, 5.74) is 7.67. The van der Waals surface area contributed by atoms with Gasteiger partial charge in [-0.1, -0.05) is 24.3 Å². The van der Waals surface area contributed by atoms with Crippen LogP contribution >= 0.6 is 24.8 Å². The van der Waals surface area contributed by atoms with Crippen molar-refractivity contribution in [3.05, 3.63) is 54.2 Å². The third kappa shape index (κ3) is 5.47. The van der Waals surface area contributed by atoms with E-state index in [1.807, 2.05) is 24.3 Å². The van der Waals surface area contributed by atoms with Gasteiger partial charge in [-0.05, 0) is 48.9 Å². The van der Waals surface area contributed by atoms with Crippen LogP contribution in [-0.2, 0) is 0 Å². The van der Waals surface area contributed by atoms with E-state index in [-0.39, 0.29) is 43.0 Å². The minimum absolute atomic E-state index is 0. The molecule has 2 aliphatic rings. The molecule has 0 radical (unpaired) electrons. The zero-order chi connectivity index (χ0) is 24.2. The number of rotatable bonds is 6. The Bertz CT molecular complexity index is 1390. The van der Waals surface area contributed by atoms with Crippen molar-refractivity contribution < 1.29 is 17.9 Å². The lowest BCUT2D eigenvalue weighted by Gasteiger charge is -2.30. The fraction of sp³-hybridized carbons (Fsp3) is 0.400. The molecule has 2 atom stereocenters. The van der Waals surface area contributed by atoms with E-state index in [1.165, 1.54) is 30.0 Å². The molecule has 1 aromatic carbocycles. The van der Waals surface area contributed by atoms with Crippen LogP contribution in [0.4, 0.5) is 13.2 Å². The van der Waals surface area contributed by atoms with Gasteiger partial charge in [-0.3, -0.25) is 9.30 Å². The molecular weight excluding hydrogens is 528 g/mol. The van der Waals surface area contributed by atoms with E-state index in [0.29, 0.717) is 53.9 Å². The number of ether oxygens (including phenoxy) is 1. The van der Waals surface area contributed by atoms with Crippen molar-refractivity contribution in [2.24, 2.45) is 11.7 Å². The SMILES string of the molecule is Cl.Cl.N[C@H]1CCN([C@@H](c2ccc3nnc(-c4ccc5cccc(OCC6CC6)c5n4)n3c2)C(F)(F)F)C1. The first-order chi connectivity index (χ1) is 16.9. The lowest BCUT2D eigenvalue weighted by molar-refractivity contribution is -0.183. The van der Waals surface area contributed by atoms with E-state index in [9.17, 15) is 13.2 Å². The Hall–Kier alpha value is -2.66. The Kier molecular flexibility index (Phi) is 7.85. The van der Waals surface area contributed by atoms with Crippen molar-refractivity contribution in [1.29, 1.82) is 0 Å². The number of fused-ring (bicyclic) bond motifs is 2. The van der Waals surface area contributed by atoms with Crippen molar-refractivity contribution in [3.8, 4) is 17.3 Å². The van der Waals surface area contributed by atoms with Crippen molar-refractivity contribution in [1.82, 2.24) is 24.5 Å². The number of hydrogen-bond donors (Lipinski definition) is 1. The normalized spacial score (nSPS) is 19.0. The molecule has 0 amide bonds. The fourth-order valence-electron chi connectivity index (χ4n) is 4.75. The standard InChI is InChI=1S/C25H25F3N6O.2ClH/c26-25(27,28)23(33-11-10-18(29)13-33)17-7-9-21-31-32-24(34(21)12-17)19-8-6-16-2-1-3-20(22(16)30-19)35-14-15-4-5-15;;/h1-3,6-9,12,15,18,23H,4-5,10-11,13-14,29H2;2*1H/t18-,23-;;/m0../s1. The highest BCUT2D eigenvalue weighted by atomic mass is 35.5. The number of nitrogens with zero attached hydrogens (tertiary/aromatic N) is 5. The van der Waals surface area contributed by atoms with E-state index < -0.39 is 12.2 Å². The van der Waals surface area contributed by atoms with Crippen LogP contribution < -0.4 is 10.5 Å². The smallest absolute Gasteiger partial charge is 0.408 e. The molecule has 37 heavy (non-hydrogen) atoms. The van der Waals surface area contributed by atoms with Gasteiger partial charge >= 0.3 is 6.18 Å². The first-order valence-electron chi connectivity index (χ1n) is 11.8. The van der Waals surface area contributed by atoms with Crippen molar-refractivity contribution in [2.45, 2.75) is 37.5 Å². The molecule has 7 nitrogen and oxygen atoms in total. The van der Waals surface area contributed by atoms with Gasteiger partial charge < -0.3 is 10.5 Å². The van der Waals surface area contributed by atoms with Gasteiger partial charge in [0.25, 0.3) is 0 Å². The second-order valence-electron chi connectivity index (χ2n) is 9.48. The molecular formula is C25H27Cl2F3N6O. The van der Waals surface area contributed by atoms with Crippen LogP contribution in [0.2, 0.25) is 0 Å². The summed E-state index contributed by atoms with van der Waals surface area (Å²) in [5, 5.41) is 9.33. The number of nitrogens with two attached hydrogens (primary N) is 1. The molecule has 0 spiro atoms. The monoisotopic (exact) mass is 554 g/mol. The molecule has 1 aliphatic heterocycles. The zero-order valence-corrected chi connectivity index (χ0v) is 21.4. The average molecular weight is 555 g/mol. The van der Waals surface area contributed by atoms with Crippen LogP contribution in [0.15, 0.2) is 48.7 Å². The molecule has 1 saturated carbocycles. The molecule has 12 heteroatoms. The van der Waals surface area contributed by atoms with Crippen LogP contribution in [0.25, 0.3) is 28.1 Å². The maximum absolute atomic E-state index is 14.1. The zero-order valence-electron chi connectivity index (χ0n) is 19.8. The predicted octanol–water partition coefficient (Wildman–Crippen LogP) is 5.21. The van der Waals surface area contributed by atoms with Gasteiger partial charge in [0.2, 0.25) is 0 Å². The van der Waals surface area contributed by atoms with Gasteiger partial charge in [0.15, 0.2) is 11.5 Å². The van der Waals surface area contributed by atoms with Gasteiger partial charge in [0.05, 0.1) is 6.61 Å². The highest BCUT2D eigenvalue weighted by Gasteiger charge is 2.46. The molecule has 198 valence electrons. The van der Waals surface area contributed by atoms with E-state index in [0.717, 1.165) is 5.39 Å². The number of aromatic nitrogens is 4. The molecule has 4 heterocycles.